The van der Waals surface area contributed by atoms with Crippen LogP contribution in [0.3, 0.4) is 0 Å². The van der Waals surface area contributed by atoms with Gasteiger partial charge in [0.2, 0.25) is 23.6 Å². The Morgan fingerprint density at radius 2 is 1.80 bits per heavy atom. The van der Waals surface area contributed by atoms with Crippen molar-refractivity contribution in [1.29, 1.82) is 0 Å². The maximum Gasteiger partial charge on any atom is 0.249 e. The summed E-state index contributed by atoms with van der Waals surface area (Å²) in [5, 5.41) is 3.03. The van der Waals surface area contributed by atoms with Gasteiger partial charge in [-0.25, -0.2) is 4.98 Å². The highest BCUT2D eigenvalue weighted by molar-refractivity contribution is 6.00. The summed E-state index contributed by atoms with van der Waals surface area (Å²) in [5.74, 6) is -0.204. The van der Waals surface area contributed by atoms with E-state index < -0.39 is 18.1 Å². The molecule has 1 saturated heterocycles. The number of ether oxygens (including phenoxy) is 1. The van der Waals surface area contributed by atoms with Gasteiger partial charge >= 0.3 is 0 Å². The van der Waals surface area contributed by atoms with Crippen LogP contribution in [0.5, 0.6) is 5.88 Å². The van der Waals surface area contributed by atoms with Gasteiger partial charge in [-0.05, 0) is 48.3 Å². The number of likely N-dealkylation sites (N-methyl/N-ethyl adjacent to an activating group) is 1. The molecular weight excluding hydrogens is 444 g/mol. The van der Waals surface area contributed by atoms with Crippen molar-refractivity contribution in [2.24, 2.45) is 11.8 Å². The Hall–Kier alpha value is -3.42. The van der Waals surface area contributed by atoms with Crippen LogP contribution in [0.4, 0.5) is 0 Å². The van der Waals surface area contributed by atoms with E-state index in [0.29, 0.717) is 30.7 Å². The monoisotopic (exact) mass is 478 g/mol. The smallest absolute Gasteiger partial charge is 0.249 e. The molecular formula is C27H34N4O4. The van der Waals surface area contributed by atoms with E-state index in [4.69, 9.17) is 4.74 Å². The minimum atomic E-state index is -0.961. The molecule has 8 heteroatoms. The standard InChI is InChI=1S/C27H34N4O4/c1-16(2)12-21-25(32)29-23(20-13-17-8-6-7-9-18(17)14-20)26(33)31(21)24(27(34)30(3)4)19-10-11-22(35-5)28-15-19/h6-11,15-16,20-21,23-24H,12-14H2,1-5H3,(H,29,32)/t21-,23?,24-/m1/s1. The molecule has 1 aromatic heterocycles. The van der Waals surface area contributed by atoms with E-state index >= 15 is 0 Å². The number of rotatable bonds is 7. The summed E-state index contributed by atoms with van der Waals surface area (Å²) >= 11 is 0. The number of nitrogens with one attached hydrogen (secondary N) is 1. The molecule has 35 heavy (non-hydrogen) atoms. The van der Waals surface area contributed by atoms with Crippen LogP contribution in [0.15, 0.2) is 42.6 Å². The number of pyridine rings is 1. The van der Waals surface area contributed by atoms with E-state index in [0.717, 1.165) is 0 Å². The number of piperazine rings is 1. The van der Waals surface area contributed by atoms with Gasteiger partial charge in [0.15, 0.2) is 0 Å². The molecule has 8 nitrogen and oxygen atoms in total. The number of nitrogens with zero attached hydrogens (tertiary/aromatic N) is 3. The Balaban J connectivity index is 1.75. The predicted molar refractivity (Wildman–Crippen MR) is 132 cm³/mol. The lowest BCUT2D eigenvalue weighted by Gasteiger charge is -2.45. The Morgan fingerprint density at radius 1 is 1.14 bits per heavy atom. The van der Waals surface area contributed by atoms with Gasteiger partial charge in [-0.2, -0.15) is 0 Å². The first-order valence-electron chi connectivity index (χ1n) is 12.1. The topological polar surface area (TPSA) is 91.8 Å². The highest BCUT2D eigenvalue weighted by Gasteiger charge is 2.49. The van der Waals surface area contributed by atoms with Crippen molar-refractivity contribution >= 4 is 17.7 Å². The van der Waals surface area contributed by atoms with E-state index in [2.05, 4.69) is 22.4 Å². The van der Waals surface area contributed by atoms with Crippen LogP contribution in [0.2, 0.25) is 0 Å². The molecule has 3 amide bonds. The van der Waals surface area contributed by atoms with Gasteiger partial charge in [-0.3, -0.25) is 14.4 Å². The summed E-state index contributed by atoms with van der Waals surface area (Å²) < 4.78 is 5.18. The molecule has 1 aromatic carbocycles. The zero-order valence-corrected chi connectivity index (χ0v) is 21.0. The van der Waals surface area contributed by atoms with Crippen molar-refractivity contribution in [2.45, 2.75) is 51.2 Å². The first kappa shape index (κ1) is 24.7. The van der Waals surface area contributed by atoms with Crippen molar-refractivity contribution in [1.82, 2.24) is 20.1 Å². The number of hydrogen-bond acceptors (Lipinski definition) is 5. The maximum atomic E-state index is 14.2. The molecule has 1 unspecified atom stereocenters. The lowest BCUT2D eigenvalue weighted by molar-refractivity contribution is -0.159. The number of hydrogen-bond donors (Lipinski definition) is 1. The lowest BCUT2D eigenvalue weighted by atomic mass is 9.88. The molecule has 1 aliphatic heterocycles. The molecule has 3 atom stereocenters. The first-order chi connectivity index (χ1) is 16.7. The van der Waals surface area contributed by atoms with Crippen molar-refractivity contribution in [3.63, 3.8) is 0 Å². The second-order valence-corrected chi connectivity index (χ2v) is 10.1. The number of methoxy groups -OCH3 is 1. The summed E-state index contributed by atoms with van der Waals surface area (Å²) in [6, 6.07) is 9.15. The average Bonchev–Trinajstić information content (AvgIpc) is 3.27. The predicted octanol–water partition coefficient (Wildman–Crippen LogP) is 2.38. The molecule has 0 saturated carbocycles. The van der Waals surface area contributed by atoms with E-state index in [-0.39, 0.29) is 29.6 Å². The quantitative estimate of drug-likeness (QED) is 0.660. The highest BCUT2D eigenvalue weighted by atomic mass is 16.5. The van der Waals surface area contributed by atoms with Crippen LogP contribution in [-0.2, 0) is 27.2 Å². The van der Waals surface area contributed by atoms with Crippen LogP contribution < -0.4 is 10.1 Å². The Kier molecular flexibility index (Phi) is 7.10. The third-order valence-corrected chi connectivity index (χ3v) is 6.94. The largest absolute Gasteiger partial charge is 0.481 e. The fraction of sp³-hybridized carbons (Fsp3) is 0.481. The third kappa shape index (κ3) is 4.88. The molecule has 186 valence electrons. The molecule has 0 spiro atoms. The van der Waals surface area contributed by atoms with Crippen molar-refractivity contribution in [3.8, 4) is 5.88 Å². The summed E-state index contributed by atoms with van der Waals surface area (Å²) in [6.07, 6.45) is 3.44. The van der Waals surface area contributed by atoms with E-state index in [1.165, 1.54) is 28.0 Å². The zero-order valence-electron chi connectivity index (χ0n) is 21.0. The fourth-order valence-corrected chi connectivity index (χ4v) is 5.22. The second-order valence-electron chi connectivity index (χ2n) is 10.1. The van der Waals surface area contributed by atoms with Crippen molar-refractivity contribution in [3.05, 3.63) is 59.3 Å². The van der Waals surface area contributed by atoms with Crippen LogP contribution in [-0.4, -0.2) is 65.8 Å². The van der Waals surface area contributed by atoms with Gasteiger partial charge < -0.3 is 19.9 Å². The molecule has 4 rings (SSSR count). The minimum absolute atomic E-state index is 0.0598. The number of amides is 3. The third-order valence-electron chi connectivity index (χ3n) is 6.94. The summed E-state index contributed by atoms with van der Waals surface area (Å²) in [4.78, 5) is 48.4. The zero-order chi connectivity index (χ0) is 25.3. The van der Waals surface area contributed by atoms with Gasteiger partial charge in [-0.15, -0.1) is 0 Å². The summed E-state index contributed by atoms with van der Waals surface area (Å²) in [7, 11) is 4.83. The van der Waals surface area contributed by atoms with E-state index in [1.807, 2.05) is 26.0 Å². The number of carbonyl (C=O) groups is 3. The van der Waals surface area contributed by atoms with Gasteiger partial charge in [0.1, 0.15) is 18.1 Å². The number of fused-ring (bicyclic) bond motifs is 1. The normalized spacial score (nSPS) is 21.0. The highest BCUT2D eigenvalue weighted by Crippen LogP contribution is 2.35. The molecule has 2 aliphatic rings. The Labute approximate surface area is 206 Å². The first-order valence-corrected chi connectivity index (χ1v) is 12.1. The van der Waals surface area contributed by atoms with Gasteiger partial charge in [0.05, 0.1) is 7.11 Å². The van der Waals surface area contributed by atoms with E-state index in [1.54, 1.807) is 32.4 Å². The second kappa shape index (κ2) is 10.1. The molecule has 2 aromatic rings. The van der Waals surface area contributed by atoms with Crippen molar-refractivity contribution < 1.29 is 19.1 Å². The number of carbonyl (C=O) groups excluding carboxylic acids is 3. The number of aromatic nitrogens is 1. The molecule has 1 aliphatic carbocycles. The molecule has 1 fully saturated rings. The fourth-order valence-electron chi connectivity index (χ4n) is 5.22. The van der Waals surface area contributed by atoms with Crippen LogP contribution in [0.1, 0.15) is 43.0 Å². The summed E-state index contributed by atoms with van der Waals surface area (Å²) in [6.45, 7) is 4.01. The minimum Gasteiger partial charge on any atom is -0.481 e. The van der Waals surface area contributed by atoms with Crippen LogP contribution >= 0.6 is 0 Å². The Bertz CT molecular complexity index is 1070. The molecule has 2 heterocycles. The molecule has 0 radical (unpaired) electrons. The van der Waals surface area contributed by atoms with E-state index in [9.17, 15) is 14.4 Å². The van der Waals surface area contributed by atoms with Crippen LogP contribution in [0.25, 0.3) is 0 Å². The molecule has 1 N–H and O–H groups in total. The van der Waals surface area contributed by atoms with Gasteiger partial charge in [0.25, 0.3) is 0 Å². The molecule has 0 bridgehead atoms. The van der Waals surface area contributed by atoms with Crippen molar-refractivity contribution in [2.75, 3.05) is 21.2 Å². The van der Waals surface area contributed by atoms with Crippen LogP contribution in [0, 0.1) is 11.8 Å². The average molecular weight is 479 g/mol. The summed E-state index contributed by atoms with van der Waals surface area (Å²) in [5.41, 5.74) is 2.96. The SMILES string of the molecule is COc1ccc([C@H](C(=O)N(C)C)N2C(=O)C(C3Cc4ccccc4C3)NC(=O)[C@H]2CC(C)C)cn1. The number of benzene rings is 1. The van der Waals surface area contributed by atoms with Gasteiger partial charge in [-0.1, -0.05) is 38.1 Å². The van der Waals surface area contributed by atoms with Gasteiger partial charge in [0, 0.05) is 31.9 Å². The Morgan fingerprint density at radius 3 is 2.31 bits per heavy atom. The lowest BCUT2D eigenvalue weighted by Crippen LogP contribution is -2.67. The maximum absolute atomic E-state index is 14.2.